The number of anilines is 1. The minimum Gasteiger partial charge on any atom is -0.507 e. The maximum absolute atomic E-state index is 14.3. The summed E-state index contributed by atoms with van der Waals surface area (Å²) in [6.07, 6.45) is 0.425. The average molecular weight is 542 g/mol. The molecule has 0 fully saturated rings. The number of phenolic OH excluding ortho intramolecular Hbond substituents is 1. The molecule has 1 amide bonds. The van der Waals surface area contributed by atoms with E-state index in [1.807, 2.05) is 24.8 Å². The number of hydrogen-bond donors (Lipinski definition) is 1. The highest BCUT2D eigenvalue weighted by atomic mass is 79.9. The number of aromatic hydroxyl groups is 1. The summed E-state index contributed by atoms with van der Waals surface area (Å²) in [5.74, 6) is 0.700. The van der Waals surface area contributed by atoms with E-state index in [0.29, 0.717) is 66.2 Å². The molecule has 3 heterocycles. The highest BCUT2D eigenvalue weighted by Crippen LogP contribution is 2.36. The summed E-state index contributed by atoms with van der Waals surface area (Å²) in [7, 11) is 0. The average Bonchev–Trinajstić information content (AvgIpc) is 3.40. The second kappa shape index (κ2) is 9.33. The summed E-state index contributed by atoms with van der Waals surface area (Å²) in [5.41, 5.74) is 1.88. The number of aliphatic imine (C=N–C) groups is 1. The zero-order chi connectivity index (χ0) is 24.7. The van der Waals surface area contributed by atoms with Gasteiger partial charge in [0, 0.05) is 6.54 Å². The Morgan fingerprint density at radius 3 is 2.74 bits per heavy atom. The Labute approximate surface area is 210 Å². The number of nitrogens with zero attached hydrogens (tertiary/aromatic N) is 5. The molecule has 3 aromatic rings. The highest BCUT2D eigenvalue weighted by molar-refractivity contribution is 9.10. The first kappa shape index (κ1) is 23.3. The molecule has 8 nitrogen and oxygen atoms in total. The summed E-state index contributed by atoms with van der Waals surface area (Å²) in [5, 5.41) is 9.86. The monoisotopic (exact) mass is 541 g/mol. The molecule has 2 aliphatic rings. The standard InChI is InChI=1S/C25H25BrFN5O3/c1-3-30-23(34)21-22(32-14-17(28-24(30)32)12-16-7-5-6-8-19(16)27)29-25(35-4-2)31(21)13-15-9-10-20(33)18(26)11-15/h5-11,17,33H,3-4,12-14H2,1-2H3/t17-/m1/s1. The second-order valence-electron chi connectivity index (χ2n) is 8.41. The molecule has 0 spiro atoms. The molecule has 0 bridgehead atoms. The molecule has 1 atom stereocenters. The number of hydrogen-bond acceptors (Lipinski definition) is 6. The summed E-state index contributed by atoms with van der Waals surface area (Å²) in [6.45, 7) is 5.39. The van der Waals surface area contributed by atoms with Crippen LogP contribution in [0.5, 0.6) is 11.8 Å². The molecular formula is C25H25BrFN5O3. The number of phenols is 1. The number of guanidine groups is 1. The molecule has 0 radical (unpaired) electrons. The van der Waals surface area contributed by atoms with E-state index in [-0.39, 0.29) is 23.5 Å². The number of benzene rings is 2. The van der Waals surface area contributed by atoms with Gasteiger partial charge in [0.25, 0.3) is 11.9 Å². The van der Waals surface area contributed by atoms with Gasteiger partial charge >= 0.3 is 0 Å². The molecule has 2 aromatic carbocycles. The molecule has 0 saturated heterocycles. The van der Waals surface area contributed by atoms with Crippen molar-refractivity contribution < 1.29 is 19.0 Å². The Morgan fingerprint density at radius 2 is 2.03 bits per heavy atom. The van der Waals surface area contributed by atoms with E-state index >= 15 is 0 Å². The van der Waals surface area contributed by atoms with Gasteiger partial charge in [-0.3, -0.25) is 19.2 Å². The Balaban J connectivity index is 1.54. The third-order valence-electron chi connectivity index (χ3n) is 6.15. The number of aromatic nitrogens is 2. The molecular weight excluding hydrogens is 517 g/mol. The van der Waals surface area contributed by atoms with Gasteiger partial charge < -0.3 is 9.84 Å². The van der Waals surface area contributed by atoms with E-state index in [0.717, 1.165) is 5.56 Å². The fourth-order valence-corrected chi connectivity index (χ4v) is 4.96. The van der Waals surface area contributed by atoms with Crippen LogP contribution >= 0.6 is 15.9 Å². The van der Waals surface area contributed by atoms with Crippen LogP contribution in [0.1, 0.15) is 35.5 Å². The zero-order valence-corrected chi connectivity index (χ0v) is 21.0. The molecule has 1 N–H and O–H groups in total. The Morgan fingerprint density at radius 1 is 1.23 bits per heavy atom. The number of ether oxygens (including phenoxy) is 1. The number of fused-ring (bicyclic) bond motifs is 3. The number of halogens is 2. The van der Waals surface area contributed by atoms with Gasteiger partial charge in [-0.25, -0.2) is 9.38 Å². The van der Waals surface area contributed by atoms with E-state index in [9.17, 15) is 14.3 Å². The minimum absolute atomic E-state index is 0.137. The lowest BCUT2D eigenvalue weighted by molar-refractivity contribution is 0.0835. The molecule has 5 rings (SSSR count). The van der Waals surface area contributed by atoms with Crippen LogP contribution in [0.25, 0.3) is 0 Å². The van der Waals surface area contributed by atoms with Crippen LogP contribution in [0, 0.1) is 5.82 Å². The van der Waals surface area contributed by atoms with E-state index in [1.54, 1.807) is 39.8 Å². The van der Waals surface area contributed by atoms with Crippen molar-refractivity contribution in [1.29, 1.82) is 0 Å². The predicted molar refractivity (Wildman–Crippen MR) is 134 cm³/mol. The van der Waals surface area contributed by atoms with Crippen LogP contribution in [0.3, 0.4) is 0 Å². The molecule has 0 aliphatic carbocycles. The van der Waals surface area contributed by atoms with E-state index in [1.165, 1.54) is 6.07 Å². The van der Waals surface area contributed by atoms with Crippen molar-refractivity contribution in [3.8, 4) is 11.8 Å². The number of carbonyl (C=O) groups excluding carboxylic acids is 1. The largest absolute Gasteiger partial charge is 0.507 e. The topological polar surface area (TPSA) is 83.2 Å². The molecule has 0 unspecified atom stereocenters. The van der Waals surface area contributed by atoms with Crippen LogP contribution in [-0.4, -0.2) is 57.2 Å². The van der Waals surface area contributed by atoms with Crippen molar-refractivity contribution >= 4 is 33.6 Å². The fourth-order valence-electron chi connectivity index (χ4n) is 4.53. The maximum Gasteiger partial charge on any atom is 0.299 e. The SMILES string of the molecule is CCOc1nc2c(n1Cc1ccc(O)c(Br)c1)C(=O)N(CC)C1=N[C@H](Cc3ccccc3F)CN12. The lowest BCUT2D eigenvalue weighted by Crippen LogP contribution is -2.50. The molecule has 10 heteroatoms. The van der Waals surface area contributed by atoms with Crippen LogP contribution in [-0.2, 0) is 13.0 Å². The first-order valence-electron chi connectivity index (χ1n) is 11.5. The lowest BCUT2D eigenvalue weighted by atomic mass is 10.1. The quantitative estimate of drug-likeness (QED) is 0.484. The smallest absolute Gasteiger partial charge is 0.299 e. The Bertz CT molecular complexity index is 1320. The third kappa shape index (κ3) is 4.16. The second-order valence-corrected chi connectivity index (χ2v) is 9.26. The summed E-state index contributed by atoms with van der Waals surface area (Å²) in [4.78, 5) is 26.7. The maximum atomic E-state index is 14.3. The molecule has 35 heavy (non-hydrogen) atoms. The number of imidazole rings is 1. The van der Waals surface area contributed by atoms with Crippen LogP contribution in [0.2, 0.25) is 0 Å². The van der Waals surface area contributed by atoms with Crippen LogP contribution in [0.4, 0.5) is 10.2 Å². The number of carbonyl (C=O) groups is 1. The van der Waals surface area contributed by atoms with Gasteiger partial charge in [-0.15, -0.1) is 0 Å². The first-order valence-corrected chi connectivity index (χ1v) is 12.3. The van der Waals surface area contributed by atoms with Gasteiger partial charge in [0.1, 0.15) is 11.6 Å². The lowest BCUT2D eigenvalue weighted by Gasteiger charge is -2.32. The summed E-state index contributed by atoms with van der Waals surface area (Å²) < 4.78 is 22.4. The van der Waals surface area contributed by atoms with E-state index in [2.05, 4.69) is 15.9 Å². The van der Waals surface area contributed by atoms with Gasteiger partial charge in [-0.2, -0.15) is 4.98 Å². The van der Waals surface area contributed by atoms with Gasteiger partial charge in [0.2, 0.25) is 5.96 Å². The normalized spacial score (nSPS) is 16.9. The van der Waals surface area contributed by atoms with Crippen molar-refractivity contribution in [2.45, 2.75) is 32.9 Å². The highest BCUT2D eigenvalue weighted by Gasteiger charge is 2.44. The molecule has 2 aliphatic heterocycles. The van der Waals surface area contributed by atoms with Gasteiger partial charge in [0.15, 0.2) is 11.5 Å². The predicted octanol–water partition coefficient (Wildman–Crippen LogP) is 4.20. The van der Waals surface area contributed by atoms with Crippen molar-refractivity contribution in [2.75, 3.05) is 24.6 Å². The van der Waals surface area contributed by atoms with Crippen molar-refractivity contribution in [3.63, 3.8) is 0 Å². The van der Waals surface area contributed by atoms with Crippen molar-refractivity contribution in [3.05, 3.63) is 69.6 Å². The fraction of sp³-hybridized carbons (Fsp3) is 0.320. The molecule has 0 saturated carbocycles. The Hall–Kier alpha value is -3.40. The minimum atomic E-state index is -0.260. The van der Waals surface area contributed by atoms with E-state index < -0.39 is 0 Å². The number of rotatable bonds is 7. The van der Waals surface area contributed by atoms with Gasteiger partial charge in [0.05, 0.1) is 30.2 Å². The number of amides is 1. The Kier molecular flexibility index (Phi) is 6.22. The molecule has 1 aromatic heterocycles. The zero-order valence-electron chi connectivity index (χ0n) is 19.4. The van der Waals surface area contributed by atoms with Crippen molar-refractivity contribution in [2.24, 2.45) is 4.99 Å². The van der Waals surface area contributed by atoms with Crippen LogP contribution in [0.15, 0.2) is 51.9 Å². The summed E-state index contributed by atoms with van der Waals surface area (Å²) >= 11 is 3.35. The van der Waals surface area contributed by atoms with Crippen molar-refractivity contribution in [1.82, 2.24) is 14.5 Å². The van der Waals surface area contributed by atoms with Gasteiger partial charge in [-0.05, 0) is 65.5 Å². The van der Waals surface area contributed by atoms with Crippen LogP contribution < -0.4 is 9.64 Å². The molecule has 182 valence electrons. The van der Waals surface area contributed by atoms with E-state index in [4.69, 9.17) is 14.7 Å². The third-order valence-corrected chi connectivity index (χ3v) is 6.78. The van der Waals surface area contributed by atoms with Gasteiger partial charge in [-0.1, -0.05) is 24.3 Å². The first-order chi connectivity index (χ1) is 16.9. The summed E-state index contributed by atoms with van der Waals surface area (Å²) in [6, 6.07) is 12.0.